The second-order valence-electron chi connectivity index (χ2n) is 5.20. The Bertz CT molecular complexity index is 337. The zero-order valence-corrected chi connectivity index (χ0v) is 11.3. The third kappa shape index (κ3) is 2.86. The van der Waals surface area contributed by atoms with Crippen LogP contribution in [0.3, 0.4) is 0 Å². The van der Waals surface area contributed by atoms with Crippen LogP contribution in [0.2, 0.25) is 0 Å². The van der Waals surface area contributed by atoms with Crippen LogP contribution in [0.25, 0.3) is 0 Å². The lowest BCUT2D eigenvalue weighted by molar-refractivity contribution is 0.454. The highest BCUT2D eigenvalue weighted by Crippen LogP contribution is 2.33. The van der Waals surface area contributed by atoms with Gasteiger partial charge in [-0.3, -0.25) is 0 Å². The van der Waals surface area contributed by atoms with Crippen LogP contribution in [0, 0.1) is 19.8 Å². The van der Waals surface area contributed by atoms with Gasteiger partial charge in [-0.05, 0) is 44.2 Å². The average molecular weight is 237 g/mol. The number of rotatable bonds is 4. The van der Waals surface area contributed by atoms with Crippen molar-refractivity contribution in [2.24, 2.45) is 11.7 Å². The molecule has 2 heteroatoms. The van der Waals surface area contributed by atoms with Gasteiger partial charge in [-0.15, -0.1) is 11.3 Å². The fourth-order valence-corrected chi connectivity index (χ4v) is 3.89. The van der Waals surface area contributed by atoms with Gasteiger partial charge in [0.05, 0.1) is 0 Å². The van der Waals surface area contributed by atoms with Gasteiger partial charge >= 0.3 is 0 Å². The van der Waals surface area contributed by atoms with Crippen molar-refractivity contribution in [1.82, 2.24) is 0 Å². The molecule has 0 amide bonds. The van der Waals surface area contributed by atoms with Gasteiger partial charge in [-0.1, -0.05) is 25.7 Å². The molecule has 16 heavy (non-hydrogen) atoms. The molecular formula is C14H23NS. The van der Waals surface area contributed by atoms with E-state index >= 15 is 0 Å². The summed E-state index contributed by atoms with van der Waals surface area (Å²) in [6.45, 7) is 4.37. The molecule has 1 atom stereocenters. The molecule has 0 aromatic carbocycles. The molecule has 0 radical (unpaired) electrons. The minimum atomic E-state index is 0.269. The van der Waals surface area contributed by atoms with Gasteiger partial charge in [0.15, 0.2) is 0 Å². The molecule has 0 saturated heterocycles. The van der Waals surface area contributed by atoms with E-state index in [0.717, 1.165) is 5.92 Å². The van der Waals surface area contributed by atoms with Crippen molar-refractivity contribution in [3.05, 3.63) is 21.4 Å². The van der Waals surface area contributed by atoms with Crippen molar-refractivity contribution in [3.63, 3.8) is 0 Å². The second kappa shape index (κ2) is 5.33. The zero-order chi connectivity index (χ0) is 11.5. The topological polar surface area (TPSA) is 26.0 Å². The van der Waals surface area contributed by atoms with Crippen molar-refractivity contribution in [2.75, 3.05) is 0 Å². The van der Waals surface area contributed by atoms with E-state index in [4.69, 9.17) is 5.73 Å². The fraction of sp³-hybridized carbons (Fsp3) is 0.714. The second-order valence-corrected chi connectivity index (χ2v) is 6.66. The Morgan fingerprint density at radius 2 is 2.06 bits per heavy atom. The van der Waals surface area contributed by atoms with E-state index in [0.29, 0.717) is 0 Å². The van der Waals surface area contributed by atoms with Crippen LogP contribution in [0.1, 0.15) is 59.9 Å². The Morgan fingerprint density at radius 3 is 2.62 bits per heavy atom. The summed E-state index contributed by atoms with van der Waals surface area (Å²) in [6.07, 6.45) is 8.26. The lowest BCUT2D eigenvalue weighted by Gasteiger charge is -2.14. The molecule has 1 nitrogen and oxygen atoms in total. The molecule has 1 saturated carbocycles. The van der Waals surface area contributed by atoms with E-state index in [1.165, 1.54) is 53.8 Å². The first-order valence-electron chi connectivity index (χ1n) is 6.49. The average Bonchev–Trinajstić information content (AvgIpc) is 2.84. The lowest BCUT2D eigenvalue weighted by atomic mass is 9.95. The summed E-state index contributed by atoms with van der Waals surface area (Å²) in [5, 5.41) is 0. The summed E-state index contributed by atoms with van der Waals surface area (Å²) >= 11 is 1.88. The van der Waals surface area contributed by atoms with Crippen LogP contribution < -0.4 is 5.73 Å². The molecule has 0 spiro atoms. The normalized spacial score (nSPS) is 19.2. The SMILES string of the molecule is Cc1cc(C(N)CCC2CCCC2)c(C)s1. The van der Waals surface area contributed by atoms with Crippen molar-refractivity contribution in [2.45, 2.75) is 58.4 Å². The first-order chi connectivity index (χ1) is 7.66. The number of thiophene rings is 1. The van der Waals surface area contributed by atoms with Crippen molar-refractivity contribution >= 4 is 11.3 Å². The number of hydrogen-bond donors (Lipinski definition) is 1. The molecule has 2 rings (SSSR count). The van der Waals surface area contributed by atoms with Crippen molar-refractivity contribution in [3.8, 4) is 0 Å². The van der Waals surface area contributed by atoms with E-state index in [1.807, 2.05) is 11.3 Å². The Morgan fingerprint density at radius 1 is 1.38 bits per heavy atom. The van der Waals surface area contributed by atoms with Crippen LogP contribution >= 0.6 is 11.3 Å². The Labute approximate surface area is 103 Å². The summed E-state index contributed by atoms with van der Waals surface area (Å²) in [5.41, 5.74) is 7.68. The Kier molecular flexibility index (Phi) is 4.04. The summed E-state index contributed by atoms with van der Waals surface area (Å²) < 4.78 is 0. The fourth-order valence-electron chi connectivity index (χ4n) is 2.89. The number of nitrogens with two attached hydrogens (primary N) is 1. The van der Waals surface area contributed by atoms with Crippen LogP contribution in [-0.4, -0.2) is 0 Å². The maximum absolute atomic E-state index is 6.29. The van der Waals surface area contributed by atoms with Crippen molar-refractivity contribution < 1.29 is 0 Å². The standard InChI is InChI=1S/C14H23NS/c1-10-9-13(11(2)16-10)14(15)8-7-12-5-3-4-6-12/h9,12,14H,3-8,15H2,1-2H3. The predicted octanol–water partition coefficient (Wildman–Crippen LogP) is 4.34. The first kappa shape index (κ1) is 12.1. The van der Waals surface area contributed by atoms with Gasteiger partial charge in [-0.2, -0.15) is 0 Å². The van der Waals surface area contributed by atoms with Gasteiger partial charge in [0.25, 0.3) is 0 Å². The highest BCUT2D eigenvalue weighted by atomic mass is 32.1. The smallest absolute Gasteiger partial charge is 0.0306 e. The summed E-state index contributed by atoms with van der Waals surface area (Å²) in [6, 6.07) is 2.55. The minimum absolute atomic E-state index is 0.269. The predicted molar refractivity (Wildman–Crippen MR) is 71.9 cm³/mol. The van der Waals surface area contributed by atoms with Crippen LogP contribution in [-0.2, 0) is 0 Å². The summed E-state index contributed by atoms with van der Waals surface area (Å²) in [4.78, 5) is 2.81. The summed E-state index contributed by atoms with van der Waals surface area (Å²) in [5.74, 6) is 0.964. The Hall–Kier alpha value is -0.340. The third-order valence-electron chi connectivity index (χ3n) is 3.84. The molecule has 90 valence electrons. The zero-order valence-electron chi connectivity index (χ0n) is 10.5. The molecule has 1 aromatic heterocycles. The van der Waals surface area contributed by atoms with E-state index in [1.54, 1.807) is 0 Å². The minimum Gasteiger partial charge on any atom is -0.324 e. The maximum Gasteiger partial charge on any atom is 0.0306 e. The molecule has 2 N–H and O–H groups in total. The van der Waals surface area contributed by atoms with E-state index in [2.05, 4.69) is 19.9 Å². The molecule has 1 aliphatic rings. The van der Waals surface area contributed by atoms with E-state index in [-0.39, 0.29) is 6.04 Å². The van der Waals surface area contributed by atoms with E-state index in [9.17, 15) is 0 Å². The van der Waals surface area contributed by atoms with Gasteiger partial charge in [-0.25, -0.2) is 0 Å². The van der Waals surface area contributed by atoms with Crippen molar-refractivity contribution in [1.29, 1.82) is 0 Å². The molecule has 1 unspecified atom stereocenters. The van der Waals surface area contributed by atoms with Crippen LogP contribution in [0.15, 0.2) is 6.07 Å². The van der Waals surface area contributed by atoms with Crippen LogP contribution in [0.5, 0.6) is 0 Å². The van der Waals surface area contributed by atoms with Crippen LogP contribution in [0.4, 0.5) is 0 Å². The molecule has 1 heterocycles. The largest absolute Gasteiger partial charge is 0.324 e. The van der Waals surface area contributed by atoms with Gasteiger partial charge < -0.3 is 5.73 Å². The highest BCUT2D eigenvalue weighted by molar-refractivity contribution is 7.12. The molecule has 1 fully saturated rings. The first-order valence-corrected chi connectivity index (χ1v) is 7.31. The van der Waals surface area contributed by atoms with Gasteiger partial charge in [0.1, 0.15) is 0 Å². The van der Waals surface area contributed by atoms with Gasteiger partial charge in [0, 0.05) is 15.8 Å². The maximum atomic E-state index is 6.29. The third-order valence-corrected chi connectivity index (χ3v) is 4.82. The molecule has 0 aliphatic heterocycles. The number of aryl methyl sites for hydroxylation is 2. The number of hydrogen-bond acceptors (Lipinski definition) is 2. The lowest BCUT2D eigenvalue weighted by Crippen LogP contribution is -2.11. The summed E-state index contributed by atoms with van der Waals surface area (Å²) in [7, 11) is 0. The molecule has 1 aliphatic carbocycles. The highest BCUT2D eigenvalue weighted by Gasteiger charge is 2.18. The molecule has 0 bridgehead atoms. The van der Waals surface area contributed by atoms with Gasteiger partial charge in [0.2, 0.25) is 0 Å². The molecule has 1 aromatic rings. The quantitative estimate of drug-likeness (QED) is 0.828. The monoisotopic (exact) mass is 237 g/mol. The Balaban J connectivity index is 1.87. The van der Waals surface area contributed by atoms with E-state index < -0.39 is 0 Å². The molecular weight excluding hydrogens is 214 g/mol.